The van der Waals surface area contributed by atoms with Crippen LogP contribution in [0.2, 0.25) is 0 Å². The number of aliphatic hydroxyl groups excluding tert-OH is 2. The van der Waals surface area contributed by atoms with Crippen LogP contribution >= 0.6 is 0 Å². The van der Waals surface area contributed by atoms with Gasteiger partial charge in [0.15, 0.2) is 0 Å². The number of hydrogen-bond donors (Lipinski definition) is 9. The number of rotatable bonds is 41. The van der Waals surface area contributed by atoms with Gasteiger partial charge in [-0.1, -0.05) is 25.7 Å². The first-order valence-electron chi connectivity index (χ1n) is 23.1. The number of amides is 6. The average molecular weight is 903 g/mol. The number of nitrogens with two attached hydrogens (primary N) is 2. The fraction of sp³-hybridized carbons (Fsp3) is 0.860. The number of ether oxygens (including phenoxy) is 4. The van der Waals surface area contributed by atoms with Crippen molar-refractivity contribution in [3.05, 3.63) is 0 Å². The van der Waals surface area contributed by atoms with Gasteiger partial charge in [0.2, 0.25) is 35.4 Å². The molecule has 0 aromatic rings. The second-order valence-corrected chi connectivity index (χ2v) is 16.1. The van der Waals surface area contributed by atoms with Crippen LogP contribution in [0.1, 0.15) is 116 Å². The Hall–Kier alpha value is -3.50. The van der Waals surface area contributed by atoms with Crippen molar-refractivity contribution >= 4 is 35.4 Å². The topological polar surface area (TPSA) is 295 Å². The van der Waals surface area contributed by atoms with E-state index >= 15 is 0 Å². The Morgan fingerprint density at radius 2 is 1.02 bits per heavy atom. The summed E-state index contributed by atoms with van der Waals surface area (Å²) < 4.78 is 23.1. The molecule has 11 N–H and O–H groups in total. The van der Waals surface area contributed by atoms with Crippen LogP contribution in [-0.4, -0.2) is 174 Å². The summed E-state index contributed by atoms with van der Waals surface area (Å²) in [4.78, 5) is 77.0. The summed E-state index contributed by atoms with van der Waals surface area (Å²) in [5, 5.41) is 33.1. The number of hydrogen-bond acceptors (Lipinski definition) is 14. The highest BCUT2D eigenvalue weighted by Crippen LogP contribution is 2.20. The summed E-state index contributed by atoms with van der Waals surface area (Å²) >= 11 is 0. The fourth-order valence-corrected chi connectivity index (χ4v) is 6.80. The van der Waals surface area contributed by atoms with Crippen molar-refractivity contribution in [2.45, 2.75) is 133 Å². The largest absolute Gasteiger partial charge is 0.396 e. The quantitative estimate of drug-likeness (QED) is 0.0350. The normalized spacial score (nSPS) is 15.0. The highest BCUT2D eigenvalue weighted by molar-refractivity contribution is 5.78. The molecule has 1 saturated heterocycles. The Morgan fingerprint density at radius 3 is 1.49 bits per heavy atom. The molecule has 0 bridgehead atoms. The number of unbranched alkanes of at least 4 members (excludes halogenated alkanes) is 6. The van der Waals surface area contributed by atoms with Crippen molar-refractivity contribution in [2.24, 2.45) is 11.5 Å². The zero-order valence-electron chi connectivity index (χ0n) is 38.1. The Labute approximate surface area is 374 Å². The summed E-state index contributed by atoms with van der Waals surface area (Å²) in [6.45, 7) is 3.28. The number of likely N-dealkylation sites (tertiary alicyclic amines) is 1. The van der Waals surface area contributed by atoms with Crippen LogP contribution in [0, 0.1) is 0 Å². The van der Waals surface area contributed by atoms with E-state index in [0.717, 1.165) is 32.1 Å². The van der Waals surface area contributed by atoms with E-state index in [1.165, 1.54) is 0 Å². The van der Waals surface area contributed by atoms with Gasteiger partial charge in [0.1, 0.15) is 5.54 Å². The van der Waals surface area contributed by atoms with Gasteiger partial charge in [-0.05, 0) is 64.5 Å². The van der Waals surface area contributed by atoms with E-state index < -0.39 is 11.6 Å². The minimum Gasteiger partial charge on any atom is -0.396 e. The number of carbonyl (C=O) groups is 6. The maximum absolute atomic E-state index is 13.5. The Kier molecular flexibility index (Phi) is 34.5. The van der Waals surface area contributed by atoms with Gasteiger partial charge in [-0.15, -0.1) is 0 Å². The maximum atomic E-state index is 13.5. The van der Waals surface area contributed by atoms with Crippen molar-refractivity contribution in [3.8, 4) is 0 Å². The molecule has 1 aliphatic rings. The third-order valence-electron chi connectivity index (χ3n) is 10.3. The van der Waals surface area contributed by atoms with Crippen molar-refractivity contribution in [3.63, 3.8) is 0 Å². The lowest BCUT2D eigenvalue weighted by Gasteiger charge is -2.34. The van der Waals surface area contributed by atoms with E-state index in [-0.39, 0.29) is 113 Å². The molecule has 0 unspecified atom stereocenters. The minimum atomic E-state index is -1.21. The van der Waals surface area contributed by atoms with Gasteiger partial charge in [0, 0.05) is 85.0 Å². The van der Waals surface area contributed by atoms with Gasteiger partial charge in [0.05, 0.1) is 58.4 Å². The smallest absolute Gasteiger partial charge is 0.222 e. The molecule has 0 saturated carbocycles. The summed E-state index contributed by atoms with van der Waals surface area (Å²) in [7, 11) is 1.59. The van der Waals surface area contributed by atoms with Gasteiger partial charge in [-0.25, -0.2) is 0 Å². The Balaban J connectivity index is 2.78. The van der Waals surface area contributed by atoms with E-state index in [2.05, 4.69) is 26.6 Å². The number of β-amino-alcohol motifs (C(OH)–C–C–N with tert-alkyl or cyclic N) is 1. The first-order valence-corrected chi connectivity index (χ1v) is 23.1. The van der Waals surface area contributed by atoms with Crippen molar-refractivity contribution < 1.29 is 57.9 Å². The number of nitrogens with zero attached hydrogens (tertiary/aromatic N) is 1. The molecule has 0 spiro atoms. The summed E-state index contributed by atoms with van der Waals surface area (Å²) in [5.74, 6) is -0.976. The molecule has 20 heteroatoms. The molecule has 0 aliphatic carbocycles. The number of nitrogens with one attached hydrogen (secondary N) is 5. The maximum Gasteiger partial charge on any atom is 0.222 e. The van der Waals surface area contributed by atoms with E-state index in [4.69, 9.17) is 35.5 Å². The second-order valence-electron chi connectivity index (χ2n) is 16.1. The molecule has 1 fully saturated rings. The monoisotopic (exact) mass is 903 g/mol. The van der Waals surface area contributed by atoms with E-state index in [1.807, 2.05) is 0 Å². The lowest BCUT2D eigenvalue weighted by molar-refractivity contribution is -0.133. The molecule has 20 nitrogen and oxygen atoms in total. The van der Waals surface area contributed by atoms with Crippen molar-refractivity contribution in [1.82, 2.24) is 31.5 Å². The zero-order valence-corrected chi connectivity index (χ0v) is 38.1. The molecule has 63 heavy (non-hydrogen) atoms. The molecule has 0 radical (unpaired) electrons. The first kappa shape index (κ1) is 57.5. The molecule has 6 amide bonds. The predicted molar refractivity (Wildman–Crippen MR) is 237 cm³/mol. The van der Waals surface area contributed by atoms with Crippen LogP contribution < -0.4 is 38.1 Å². The molecule has 366 valence electrons. The standard InChI is InChI=1S/C43H82N8O12/c1-60-31-35-29-36(53)30-51(35)42(59)15-7-5-3-2-4-6-14-41(58)50-43(32-61-26-16-38(55)46-21-10-19-44,33-62-27-17-39(56)47-22-11-20-45)34-63-28-18-40(57)49-24-12-23-48-37(54)13-8-9-25-52/h35-36,52-53H,2-34,44-45H2,1H3,(H,46,55)(H,47,56)(H,48,54)(H,49,57)(H,50,58)/t35-,36+/m0/s1. The Morgan fingerprint density at radius 1 is 0.587 bits per heavy atom. The summed E-state index contributed by atoms with van der Waals surface area (Å²) in [5.41, 5.74) is 9.83. The molecule has 1 aliphatic heterocycles. The number of aliphatic hydroxyl groups is 2. The average Bonchev–Trinajstić information content (AvgIpc) is 3.63. The van der Waals surface area contributed by atoms with Gasteiger partial charge in [-0.2, -0.15) is 0 Å². The van der Waals surface area contributed by atoms with Crippen LogP contribution in [0.5, 0.6) is 0 Å². The summed E-state index contributed by atoms with van der Waals surface area (Å²) in [6.07, 6.45) is 9.04. The number of methoxy groups -OCH3 is 1. The number of carbonyl (C=O) groups excluding carboxylic acids is 6. The van der Waals surface area contributed by atoms with Gasteiger partial charge >= 0.3 is 0 Å². The molecule has 2 atom stereocenters. The third-order valence-corrected chi connectivity index (χ3v) is 10.3. The highest BCUT2D eigenvalue weighted by Gasteiger charge is 2.35. The SMILES string of the molecule is COC[C@@H]1C[C@@H](O)CN1C(=O)CCCCCCCCC(=O)NC(COCCC(=O)NCCCN)(COCCC(=O)NCCCN)COCCC(=O)NCCCNC(=O)CCCCO. The van der Waals surface area contributed by atoms with Crippen LogP contribution in [-0.2, 0) is 47.7 Å². The first-order chi connectivity index (χ1) is 30.5. The lowest BCUT2D eigenvalue weighted by atomic mass is 10.0. The highest BCUT2D eigenvalue weighted by atomic mass is 16.5. The molecule has 1 rings (SSSR count). The van der Waals surface area contributed by atoms with Gasteiger partial charge < -0.3 is 72.1 Å². The zero-order chi connectivity index (χ0) is 46.4. The molecular weight excluding hydrogens is 821 g/mol. The van der Waals surface area contributed by atoms with E-state index in [1.54, 1.807) is 12.0 Å². The van der Waals surface area contributed by atoms with Crippen molar-refractivity contribution in [1.29, 1.82) is 0 Å². The molecule has 0 aromatic carbocycles. The van der Waals surface area contributed by atoms with Gasteiger partial charge in [0.25, 0.3) is 0 Å². The fourth-order valence-electron chi connectivity index (χ4n) is 6.80. The van der Waals surface area contributed by atoms with Crippen LogP contribution in [0.15, 0.2) is 0 Å². The third kappa shape index (κ3) is 30.3. The molecule has 1 heterocycles. The minimum absolute atomic E-state index is 0.0253. The predicted octanol–water partition coefficient (Wildman–Crippen LogP) is -0.494. The van der Waals surface area contributed by atoms with Crippen molar-refractivity contribution in [2.75, 3.05) is 106 Å². The van der Waals surface area contributed by atoms with E-state index in [9.17, 15) is 33.9 Å². The Bertz CT molecular complexity index is 1240. The van der Waals surface area contributed by atoms with Gasteiger partial charge in [-0.3, -0.25) is 28.8 Å². The van der Waals surface area contributed by atoms with Crippen LogP contribution in [0.4, 0.5) is 0 Å². The molecule has 0 aromatic heterocycles. The van der Waals surface area contributed by atoms with Crippen LogP contribution in [0.25, 0.3) is 0 Å². The molecular formula is C43H82N8O12. The van der Waals surface area contributed by atoms with Crippen LogP contribution in [0.3, 0.4) is 0 Å². The lowest BCUT2D eigenvalue weighted by Crippen LogP contribution is -2.58. The van der Waals surface area contributed by atoms with E-state index in [0.29, 0.717) is 110 Å². The second kappa shape index (κ2) is 37.8. The summed E-state index contributed by atoms with van der Waals surface area (Å²) in [6, 6.07) is -0.0899.